The van der Waals surface area contributed by atoms with Crippen molar-refractivity contribution in [2.75, 3.05) is 6.61 Å². The summed E-state index contributed by atoms with van der Waals surface area (Å²) in [6, 6.07) is 19.9. The van der Waals surface area contributed by atoms with Crippen LogP contribution in [0, 0.1) is 5.82 Å². The fourth-order valence-electron chi connectivity index (χ4n) is 3.88. The molecule has 0 fully saturated rings. The van der Waals surface area contributed by atoms with Gasteiger partial charge in [-0.15, -0.1) is 0 Å². The van der Waals surface area contributed by atoms with E-state index in [1.54, 1.807) is 12.1 Å². The van der Waals surface area contributed by atoms with E-state index < -0.39 is 6.23 Å². The van der Waals surface area contributed by atoms with Crippen LogP contribution in [0.5, 0.6) is 11.5 Å². The van der Waals surface area contributed by atoms with Crippen LogP contribution in [0.15, 0.2) is 72.8 Å². The first-order valence-electron chi connectivity index (χ1n) is 9.84. The number of nitrogens with one attached hydrogen (secondary N) is 1. The zero-order valence-corrected chi connectivity index (χ0v) is 17.1. The second-order valence-electron chi connectivity index (χ2n) is 7.21. The van der Waals surface area contributed by atoms with Gasteiger partial charge in [-0.1, -0.05) is 23.7 Å². The maximum Gasteiger partial charge on any atom is 0.195 e. The summed E-state index contributed by atoms with van der Waals surface area (Å²) < 4.78 is 25.3. The molecule has 6 heteroatoms. The molecule has 152 valence electrons. The SMILES string of the molecule is CCOc1ccc(C2=C[C@H]3c4cc(Cl)ccc4O[C@H](c4ccc(F)cc4)N3N2)cc1. The van der Waals surface area contributed by atoms with E-state index in [9.17, 15) is 4.39 Å². The molecule has 2 heterocycles. The van der Waals surface area contributed by atoms with E-state index in [2.05, 4.69) is 11.5 Å². The van der Waals surface area contributed by atoms with Crippen LogP contribution < -0.4 is 14.9 Å². The third kappa shape index (κ3) is 3.40. The van der Waals surface area contributed by atoms with Crippen LogP contribution in [-0.2, 0) is 0 Å². The molecule has 5 rings (SSSR count). The van der Waals surface area contributed by atoms with E-state index in [0.717, 1.165) is 33.9 Å². The molecule has 0 aromatic heterocycles. The lowest BCUT2D eigenvalue weighted by atomic mass is 10.0. The molecule has 0 saturated carbocycles. The number of hydrazine groups is 1. The molecule has 2 aliphatic rings. The van der Waals surface area contributed by atoms with Gasteiger partial charge < -0.3 is 14.9 Å². The average Bonchev–Trinajstić information content (AvgIpc) is 3.21. The number of hydrogen-bond acceptors (Lipinski definition) is 4. The van der Waals surface area contributed by atoms with Gasteiger partial charge in [0.05, 0.1) is 18.3 Å². The number of rotatable bonds is 4. The van der Waals surface area contributed by atoms with E-state index in [0.29, 0.717) is 11.6 Å². The van der Waals surface area contributed by atoms with Crippen molar-refractivity contribution in [2.45, 2.75) is 19.2 Å². The molecule has 2 aliphatic heterocycles. The molecule has 0 aliphatic carbocycles. The predicted molar refractivity (Wildman–Crippen MR) is 115 cm³/mol. The second-order valence-corrected chi connectivity index (χ2v) is 7.64. The Labute approximate surface area is 179 Å². The van der Waals surface area contributed by atoms with Crippen molar-refractivity contribution in [3.05, 3.63) is 100 Å². The summed E-state index contributed by atoms with van der Waals surface area (Å²) >= 11 is 6.27. The van der Waals surface area contributed by atoms with Crippen molar-refractivity contribution in [1.29, 1.82) is 0 Å². The zero-order valence-electron chi connectivity index (χ0n) is 16.3. The highest BCUT2D eigenvalue weighted by atomic mass is 35.5. The molecular formula is C24H20ClFN2O2. The van der Waals surface area contributed by atoms with Crippen LogP contribution in [0.2, 0.25) is 5.02 Å². The smallest absolute Gasteiger partial charge is 0.195 e. The van der Waals surface area contributed by atoms with Crippen molar-refractivity contribution >= 4 is 17.3 Å². The summed E-state index contributed by atoms with van der Waals surface area (Å²) in [5.41, 5.74) is 7.31. The second kappa shape index (κ2) is 7.67. The van der Waals surface area contributed by atoms with Gasteiger partial charge in [0.1, 0.15) is 17.3 Å². The fourth-order valence-corrected chi connectivity index (χ4v) is 4.06. The van der Waals surface area contributed by atoms with E-state index in [1.807, 2.05) is 54.4 Å². The van der Waals surface area contributed by atoms with Crippen LogP contribution in [0.4, 0.5) is 4.39 Å². The molecule has 3 aromatic carbocycles. The molecule has 0 bridgehead atoms. The monoisotopic (exact) mass is 422 g/mol. The topological polar surface area (TPSA) is 33.7 Å². The minimum Gasteiger partial charge on any atom is -0.494 e. The van der Waals surface area contributed by atoms with Crippen molar-refractivity contribution in [3.8, 4) is 11.5 Å². The first-order chi connectivity index (χ1) is 14.6. The molecule has 4 nitrogen and oxygen atoms in total. The molecule has 0 saturated heterocycles. The maximum atomic E-state index is 13.5. The average molecular weight is 423 g/mol. The standard InChI is InChI=1S/C24H20ClFN2O2/c1-2-29-19-10-5-15(6-11-19)21-14-22-20-13-17(25)7-12-23(20)30-24(28(22)27-21)16-3-8-18(26)9-4-16/h3-14,22,24,27H,2H2,1H3/t22-,24+/m0/s1. The summed E-state index contributed by atoms with van der Waals surface area (Å²) in [4.78, 5) is 0. The highest BCUT2D eigenvalue weighted by Crippen LogP contribution is 2.46. The van der Waals surface area contributed by atoms with Crippen molar-refractivity contribution < 1.29 is 13.9 Å². The van der Waals surface area contributed by atoms with Crippen LogP contribution in [0.3, 0.4) is 0 Å². The molecular weight excluding hydrogens is 403 g/mol. The van der Waals surface area contributed by atoms with Gasteiger partial charge in [0.15, 0.2) is 6.23 Å². The van der Waals surface area contributed by atoms with E-state index in [1.165, 1.54) is 12.1 Å². The Bertz CT molecular complexity index is 1100. The Hall–Kier alpha value is -3.02. The third-order valence-corrected chi connectivity index (χ3v) is 5.52. The van der Waals surface area contributed by atoms with E-state index >= 15 is 0 Å². The summed E-state index contributed by atoms with van der Waals surface area (Å²) in [6.45, 7) is 2.59. The quantitative estimate of drug-likeness (QED) is 0.570. The third-order valence-electron chi connectivity index (χ3n) is 5.29. The van der Waals surface area contributed by atoms with Gasteiger partial charge in [0, 0.05) is 16.1 Å². The maximum absolute atomic E-state index is 13.5. The van der Waals surface area contributed by atoms with Crippen molar-refractivity contribution in [3.63, 3.8) is 0 Å². The predicted octanol–water partition coefficient (Wildman–Crippen LogP) is 5.87. The van der Waals surface area contributed by atoms with Crippen molar-refractivity contribution in [2.24, 2.45) is 0 Å². The largest absolute Gasteiger partial charge is 0.494 e. The Balaban J connectivity index is 1.53. The molecule has 0 amide bonds. The Morgan fingerprint density at radius 1 is 1.07 bits per heavy atom. The van der Waals surface area contributed by atoms with Gasteiger partial charge in [-0.25, -0.2) is 4.39 Å². The van der Waals surface area contributed by atoms with E-state index in [-0.39, 0.29) is 11.9 Å². The van der Waals surface area contributed by atoms with Gasteiger partial charge in [0.25, 0.3) is 0 Å². The van der Waals surface area contributed by atoms with Crippen molar-refractivity contribution in [1.82, 2.24) is 10.4 Å². The number of hydrogen-bond donors (Lipinski definition) is 1. The molecule has 0 unspecified atom stereocenters. The lowest BCUT2D eigenvalue weighted by Crippen LogP contribution is -2.43. The minimum atomic E-state index is -0.416. The van der Waals surface area contributed by atoms with Crippen LogP contribution in [0.1, 0.15) is 35.9 Å². The normalized spacial score (nSPS) is 19.9. The summed E-state index contributed by atoms with van der Waals surface area (Å²) in [7, 11) is 0. The van der Waals surface area contributed by atoms with Gasteiger partial charge in [0.2, 0.25) is 0 Å². The van der Waals surface area contributed by atoms with Gasteiger partial charge in [-0.3, -0.25) is 0 Å². The number of halogens is 2. The van der Waals surface area contributed by atoms with E-state index in [4.69, 9.17) is 21.1 Å². The molecule has 2 atom stereocenters. The van der Waals surface area contributed by atoms with Crippen LogP contribution in [-0.4, -0.2) is 11.6 Å². The fraction of sp³-hybridized carbons (Fsp3) is 0.167. The van der Waals surface area contributed by atoms with Crippen LogP contribution in [0.25, 0.3) is 5.70 Å². The molecule has 1 N–H and O–H groups in total. The first kappa shape index (κ1) is 19.0. The molecule has 3 aromatic rings. The summed E-state index contributed by atoms with van der Waals surface area (Å²) in [5, 5.41) is 2.68. The number of nitrogens with zero attached hydrogens (tertiary/aromatic N) is 1. The molecule has 0 radical (unpaired) electrons. The summed E-state index contributed by atoms with van der Waals surface area (Å²) in [6.07, 6.45) is 1.74. The van der Waals surface area contributed by atoms with Gasteiger partial charge in [-0.2, -0.15) is 5.01 Å². The number of benzene rings is 3. The van der Waals surface area contributed by atoms with Gasteiger partial charge in [-0.05, 0) is 73.2 Å². The minimum absolute atomic E-state index is 0.0796. The lowest BCUT2D eigenvalue weighted by Gasteiger charge is -2.39. The Morgan fingerprint density at radius 3 is 2.57 bits per heavy atom. The number of fused-ring (bicyclic) bond motifs is 3. The Kier molecular flexibility index (Phi) is 4.85. The van der Waals surface area contributed by atoms with Crippen LogP contribution >= 0.6 is 11.6 Å². The number of ether oxygens (including phenoxy) is 2. The zero-order chi connectivity index (χ0) is 20.7. The molecule has 0 spiro atoms. The lowest BCUT2D eigenvalue weighted by molar-refractivity contribution is -0.0326. The highest BCUT2D eigenvalue weighted by molar-refractivity contribution is 6.30. The Morgan fingerprint density at radius 2 is 1.83 bits per heavy atom. The van der Waals surface area contributed by atoms with Gasteiger partial charge >= 0.3 is 0 Å². The summed E-state index contributed by atoms with van der Waals surface area (Å²) in [5.74, 6) is 1.32. The highest BCUT2D eigenvalue weighted by Gasteiger charge is 2.40. The first-order valence-corrected chi connectivity index (χ1v) is 10.2. The molecule has 30 heavy (non-hydrogen) atoms.